The first-order chi connectivity index (χ1) is 12.1. The van der Waals surface area contributed by atoms with Crippen LogP contribution in [0.2, 0.25) is 0 Å². The Labute approximate surface area is 147 Å². The molecule has 5 nitrogen and oxygen atoms in total. The van der Waals surface area contributed by atoms with E-state index in [0.717, 1.165) is 31.5 Å². The topological polar surface area (TPSA) is 75.4 Å². The Bertz CT molecular complexity index is 750. The number of hydrogen-bond acceptors (Lipinski definition) is 3. The van der Waals surface area contributed by atoms with Crippen molar-refractivity contribution in [2.45, 2.75) is 25.7 Å². The minimum atomic E-state index is -0.0546. The van der Waals surface area contributed by atoms with E-state index in [4.69, 9.17) is 5.73 Å². The van der Waals surface area contributed by atoms with Gasteiger partial charge in [-0.1, -0.05) is 12.1 Å². The van der Waals surface area contributed by atoms with Crippen molar-refractivity contribution >= 4 is 23.2 Å². The molecule has 5 heteroatoms. The number of rotatable bonds is 5. The van der Waals surface area contributed by atoms with Gasteiger partial charge in [0, 0.05) is 36.4 Å². The summed E-state index contributed by atoms with van der Waals surface area (Å²) in [6.45, 7) is 1.67. The van der Waals surface area contributed by atoms with E-state index in [-0.39, 0.29) is 11.8 Å². The molecule has 0 unspecified atom stereocenters. The molecule has 0 aliphatic carbocycles. The number of carbonyl (C=O) groups excluding carboxylic acids is 2. The minimum Gasteiger partial charge on any atom is -0.399 e. The average Bonchev–Trinajstić information content (AvgIpc) is 3.15. The molecule has 130 valence electrons. The molecule has 1 saturated heterocycles. The highest BCUT2D eigenvalue weighted by molar-refractivity contribution is 5.96. The van der Waals surface area contributed by atoms with Gasteiger partial charge in [0.2, 0.25) is 5.91 Å². The van der Waals surface area contributed by atoms with Crippen LogP contribution in [0.15, 0.2) is 48.5 Å². The third-order valence-corrected chi connectivity index (χ3v) is 4.40. The molecule has 2 amide bonds. The molecule has 0 spiro atoms. The van der Waals surface area contributed by atoms with Crippen LogP contribution in [0.5, 0.6) is 0 Å². The largest absolute Gasteiger partial charge is 0.399 e. The number of benzene rings is 2. The summed E-state index contributed by atoms with van der Waals surface area (Å²) in [6, 6.07) is 14.7. The Kier molecular flexibility index (Phi) is 5.33. The average molecular weight is 337 g/mol. The first-order valence-electron chi connectivity index (χ1n) is 8.65. The SMILES string of the molecule is Nc1cccc(CCC(=O)Nc2ccc(C(=O)N3CCCC3)cc2)c1. The number of nitrogens with one attached hydrogen (secondary N) is 1. The number of aryl methyl sites for hydroxylation is 1. The van der Waals surface area contributed by atoms with Gasteiger partial charge in [0.05, 0.1) is 0 Å². The molecule has 0 bridgehead atoms. The highest BCUT2D eigenvalue weighted by Crippen LogP contribution is 2.16. The molecule has 2 aromatic carbocycles. The third kappa shape index (κ3) is 4.59. The third-order valence-electron chi connectivity index (χ3n) is 4.40. The van der Waals surface area contributed by atoms with Crippen LogP contribution in [0.4, 0.5) is 11.4 Å². The van der Waals surface area contributed by atoms with Crippen molar-refractivity contribution in [2.24, 2.45) is 0 Å². The zero-order valence-corrected chi connectivity index (χ0v) is 14.2. The molecule has 25 heavy (non-hydrogen) atoms. The molecule has 1 aliphatic heterocycles. The predicted molar refractivity (Wildman–Crippen MR) is 99.4 cm³/mol. The fraction of sp³-hybridized carbons (Fsp3) is 0.300. The number of likely N-dealkylation sites (tertiary alicyclic amines) is 1. The Morgan fingerprint density at radius 2 is 1.76 bits per heavy atom. The summed E-state index contributed by atoms with van der Waals surface area (Å²) in [6.07, 6.45) is 3.18. The molecule has 1 fully saturated rings. The van der Waals surface area contributed by atoms with Gasteiger partial charge in [-0.15, -0.1) is 0 Å². The summed E-state index contributed by atoms with van der Waals surface area (Å²) >= 11 is 0. The Balaban J connectivity index is 1.52. The molecule has 1 aliphatic rings. The lowest BCUT2D eigenvalue weighted by Gasteiger charge is -2.15. The van der Waals surface area contributed by atoms with E-state index in [1.165, 1.54) is 0 Å². The molecule has 0 aromatic heterocycles. The number of anilines is 2. The van der Waals surface area contributed by atoms with E-state index in [2.05, 4.69) is 5.32 Å². The van der Waals surface area contributed by atoms with Crippen LogP contribution < -0.4 is 11.1 Å². The lowest BCUT2D eigenvalue weighted by Crippen LogP contribution is -2.27. The van der Waals surface area contributed by atoms with Crippen molar-refractivity contribution in [2.75, 3.05) is 24.1 Å². The number of hydrogen-bond donors (Lipinski definition) is 2. The van der Waals surface area contributed by atoms with Crippen molar-refractivity contribution in [1.29, 1.82) is 0 Å². The lowest BCUT2D eigenvalue weighted by molar-refractivity contribution is -0.116. The zero-order valence-electron chi connectivity index (χ0n) is 14.2. The predicted octanol–water partition coefficient (Wildman–Crippen LogP) is 3.08. The Hall–Kier alpha value is -2.82. The summed E-state index contributed by atoms with van der Waals surface area (Å²) in [4.78, 5) is 26.3. The van der Waals surface area contributed by atoms with E-state index in [0.29, 0.717) is 29.8 Å². The minimum absolute atomic E-state index is 0.0546. The number of nitrogens with two attached hydrogens (primary N) is 1. The normalized spacial score (nSPS) is 13.7. The lowest BCUT2D eigenvalue weighted by atomic mass is 10.1. The van der Waals surface area contributed by atoms with Crippen LogP contribution in [0.25, 0.3) is 0 Å². The maximum Gasteiger partial charge on any atom is 0.253 e. The Morgan fingerprint density at radius 1 is 1.04 bits per heavy atom. The van der Waals surface area contributed by atoms with Crippen molar-refractivity contribution < 1.29 is 9.59 Å². The van der Waals surface area contributed by atoms with E-state index in [1.807, 2.05) is 29.2 Å². The van der Waals surface area contributed by atoms with E-state index in [1.54, 1.807) is 24.3 Å². The van der Waals surface area contributed by atoms with Crippen LogP contribution >= 0.6 is 0 Å². The van der Waals surface area contributed by atoms with Crippen molar-refractivity contribution in [1.82, 2.24) is 4.90 Å². The first-order valence-corrected chi connectivity index (χ1v) is 8.65. The number of amides is 2. The van der Waals surface area contributed by atoms with E-state index >= 15 is 0 Å². The second-order valence-electron chi connectivity index (χ2n) is 6.37. The number of nitrogen functional groups attached to an aromatic ring is 1. The van der Waals surface area contributed by atoms with Crippen molar-refractivity contribution in [3.05, 3.63) is 59.7 Å². The van der Waals surface area contributed by atoms with Gasteiger partial charge in [-0.2, -0.15) is 0 Å². The molecule has 3 rings (SSSR count). The smallest absolute Gasteiger partial charge is 0.253 e. The van der Waals surface area contributed by atoms with Gasteiger partial charge in [0.15, 0.2) is 0 Å². The molecule has 1 heterocycles. The maximum atomic E-state index is 12.3. The Morgan fingerprint density at radius 3 is 2.44 bits per heavy atom. The van der Waals surface area contributed by atoms with E-state index in [9.17, 15) is 9.59 Å². The summed E-state index contributed by atoms with van der Waals surface area (Å²) in [5, 5.41) is 2.87. The van der Waals surface area contributed by atoms with Crippen LogP contribution in [0.3, 0.4) is 0 Å². The number of carbonyl (C=O) groups is 2. The highest BCUT2D eigenvalue weighted by Gasteiger charge is 2.19. The molecule has 3 N–H and O–H groups in total. The molecular weight excluding hydrogens is 314 g/mol. The van der Waals surface area contributed by atoms with Gasteiger partial charge in [0.1, 0.15) is 0 Å². The molecule has 0 radical (unpaired) electrons. The zero-order chi connectivity index (χ0) is 17.6. The van der Waals surface area contributed by atoms with Crippen molar-refractivity contribution in [3.63, 3.8) is 0 Å². The summed E-state index contributed by atoms with van der Waals surface area (Å²) in [5.41, 5.74) is 8.86. The summed E-state index contributed by atoms with van der Waals surface area (Å²) in [5.74, 6) is 0.0121. The van der Waals surface area contributed by atoms with Gasteiger partial charge in [0.25, 0.3) is 5.91 Å². The molecule has 0 atom stereocenters. The van der Waals surface area contributed by atoms with Crippen LogP contribution in [0, 0.1) is 0 Å². The summed E-state index contributed by atoms with van der Waals surface area (Å²) in [7, 11) is 0. The quantitative estimate of drug-likeness (QED) is 0.823. The fourth-order valence-electron chi connectivity index (χ4n) is 3.03. The van der Waals surface area contributed by atoms with Gasteiger partial charge in [-0.25, -0.2) is 0 Å². The fourth-order valence-corrected chi connectivity index (χ4v) is 3.03. The van der Waals surface area contributed by atoms with Crippen molar-refractivity contribution in [3.8, 4) is 0 Å². The van der Waals surface area contributed by atoms with Gasteiger partial charge in [-0.05, 0) is 61.2 Å². The monoisotopic (exact) mass is 337 g/mol. The maximum absolute atomic E-state index is 12.3. The van der Waals surface area contributed by atoms with Gasteiger partial charge >= 0.3 is 0 Å². The van der Waals surface area contributed by atoms with Crippen LogP contribution in [0.1, 0.15) is 35.2 Å². The molecule has 2 aromatic rings. The standard InChI is InChI=1S/C20H23N3O2/c21-17-5-3-4-15(14-17)6-11-19(24)22-18-9-7-16(8-10-18)20(25)23-12-1-2-13-23/h3-5,7-10,14H,1-2,6,11-13,21H2,(H,22,24). The molecule has 0 saturated carbocycles. The second-order valence-corrected chi connectivity index (χ2v) is 6.37. The van der Waals surface area contributed by atoms with E-state index < -0.39 is 0 Å². The van der Waals surface area contributed by atoms with Gasteiger partial charge < -0.3 is 16.0 Å². The van der Waals surface area contributed by atoms with Gasteiger partial charge in [-0.3, -0.25) is 9.59 Å². The first kappa shape index (κ1) is 17.0. The number of nitrogens with zero attached hydrogens (tertiary/aromatic N) is 1. The molecular formula is C20H23N3O2. The second kappa shape index (κ2) is 7.83. The van der Waals surface area contributed by atoms with Crippen LogP contribution in [-0.4, -0.2) is 29.8 Å². The van der Waals surface area contributed by atoms with Crippen LogP contribution in [-0.2, 0) is 11.2 Å². The summed E-state index contributed by atoms with van der Waals surface area (Å²) < 4.78 is 0. The highest BCUT2D eigenvalue weighted by atomic mass is 16.2.